The van der Waals surface area contributed by atoms with Crippen molar-refractivity contribution in [1.82, 2.24) is 0 Å². The van der Waals surface area contributed by atoms with Crippen LogP contribution in [-0.2, 0) is 20.1 Å². The Morgan fingerprint density at radius 2 is 1.62 bits per heavy atom. The molecule has 0 atom stereocenters. The monoisotopic (exact) mass is 408 g/mol. The van der Waals surface area contributed by atoms with E-state index in [1.807, 2.05) is 58.3 Å². The van der Waals surface area contributed by atoms with Crippen LogP contribution in [0.15, 0.2) is 18.2 Å². The predicted molar refractivity (Wildman–Crippen MR) is 113 cm³/mol. The molecule has 1 aromatic heterocycles. The first-order valence-electron chi connectivity index (χ1n) is 8.83. The highest BCUT2D eigenvalue weighted by atomic mass is 32.1. The van der Waals surface area contributed by atoms with Crippen LogP contribution < -0.4 is 0 Å². The van der Waals surface area contributed by atoms with Gasteiger partial charge in [-0.05, 0) is 69.6 Å². The average Bonchev–Trinajstić information content (AvgIpc) is 2.79. The van der Waals surface area contributed by atoms with Gasteiger partial charge in [-0.3, -0.25) is 4.79 Å². The van der Waals surface area contributed by atoms with Crippen molar-refractivity contribution in [3.05, 3.63) is 34.2 Å². The Kier molecular flexibility index (Phi) is 6.14. The van der Waals surface area contributed by atoms with Gasteiger partial charge in [0.2, 0.25) is 16.6 Å². The van der Waals surface area contributed by atoms with Gasteiger partial charge in [0.15, 0.2) is 0 Å². The highest BCUT2D eigenvalue weighted by molar-refractivity contribution is 7.21. The van der Waals surface area contributed by atoms with Crippen molar-refractivity contribution in [2.24, 2.45) is 0 Å². The molecule has 2 rings (SSSR count). The summed E-state index contributed by atoms with van der Waals surface area (Å²) in [5.41, 5.74) is 2.04. The lowest BCUT2D eigenvalue weighted by Gasteiger charge is -2.18. The fraction of sp³-hybridized carbons (Fsp3) is 0.474. The lowest BCUT2D eigenvalue weighted by molar-refractivity contribution is -0.135. The van der Waals surface area contributed by atoms with Gasteiger partial charge < -0.3 is 8.85 Å². The van der Waals surface area contributed by atoms with Crippen LogP contribution in [0.2, 0.25) is 39.3 Å². The molecule has 0 unspecified atom stereocenters. The predicted octanol–water partition coefficient (Wildman–Crippen LogP) is 5.51. The smallest absolute Gasteiger partial charge is 0.335 e. The quantitative estimate of drug-likeness (QED) is 0.591. The molecule has 0 saturated carbocycles. The van der Waals surface area contributed by atoms with Crippen molar-refractivity contribution < 1.29 is 18.4 Å². The molecule has 26 heavy (non-hydrogen) atoms. The van der Waals surface area contributed by atoms with Crippen molar-refractivity contribution in [2.45, 2.75) is 59.0 Å². The number of fused-ring (bicyclic) bond motifs is 1. The van der Waals surface area contributed by atoms with Gasteiger partial charge in [0.1, 0.15) is 4.88 Å². The minimum Gasteiger partial charge on any atom is -0.520 e. The first kappa shape index (κ1) is 20.9. The van der Waals surface area contributed by atoms with Gasteiger partial charge >= 0.3 is 5.97 Å². The topological polar surface area (TPSA) is 52.6 Å². The maximum Gasteiger partial charge on any atom is 0.335 e. The second kappa shape index (κ2) is 7.66. The fourth-order valence-corrected chi connectivity index (χ4v) is 5.25. The summed E-state index contributed by atoms with van der Waals surface area (Å²) in [5, 5.41) is 1.04. The average molecular weight is 409 g/mol. The highest BCUT2D eigenvalue weighted by Crippen LogP contribution is 2.34. The molecule has 0 fully saturated rings. The van der Waals surface area contributed by atoms with E-state index in [1.165, 1.54) is 11.3 Å². The zero-order chi connectivity index (χ0) is 19.7. The molecule has 0 N–H and O–H groups in total. The number of hydrogen-bond acceptors (Lipinski definition) is 5. The number of benzene rings is 1. The SMILES string of the molecule is Cc1ccc2sc(C(=O)O[Si](C)(C)C)c(CCC(=O)O[Si](C)(C)C)c2c1. The van der Waals surface area contributed by atoms with E-state index >= 15 is 0 Å². The Balaban J connectivity index is 2.35. The van der Waals surface area contributed by atoms with E-state index in [1.54, 1.807) is 0 Å². The molecule has 0 radical (unpaired) electrons. The molecular weight excluding hydrogens is 380 g/mol. The highest BCUT2D eigenvalue weighted by Gasteiger charge is 2.26. The Hall–Kier alpha value is -1.45. The van der Waals surface area contributed by atoms with Gasteiger partial charge in [-0.25, -0.2) is 4.79 Å². The standard InChI is InChI=1S/C19H28O4SSi2/c1-13-8-10-16-15(12-13)14(9-11-17(20)22-25(2,3)4)18(24-16)19(21)23-26(5,6)7/h8,10,12H,9,11H2,1-7H3. The van der Waals surface area contributed by atoms with E-state index < -0.39 is 16.6 Å². The van der Waals surface area contributed by atoms with Crippen molar-refractivity contribution >= 4 is 50.0 Å². The number of carbonyl (C=O) groups excluding carboxylic acids is 2. The van der Waals surface area contributed by atoms with Gasteiger partial charge in [-0.15, -0.1) is 11.3 Å². The van der Waals surface area contributed by atoms with Crippen LogP contribution >= 0.6 is 11.3 Å². The minimum atomic E-state index is -1.99. The van der Waals surface area contributed by atoms with Gasteiger partial charge in [-0.2, -0.15) is 0 Å². The Labute approximate surface area is 161 Å². The van der Waals surface area contributed by atoms with E-state index in [9.17, 15) is 9.59 Å². The molecule has 0 bridgehead atoms. The molecule has 1 heterocycles. The molecule has 1 aromatic carbocycles. The Morgan fingerprint density at radius 3 is 2.19 bits per heavy atom. The zero-order valence-electron chi connectivity index (χ0n) is 16.7. The maximum absolute atomic E-state index is 12.7. The maximum atomic E-state index is 12.7. The molecule has 4 nitrogen and oxygen atoms in total. The molecule has 0 amide bonds. The summed E-state index contributed by atoms with van der Waals surface area (Å²) in [5.74, 6) is -0.461. The van der Waals surface area contributed by atoms with Crippen LogP contribution in [0.1, 0.15) is 27.2 Å². The molecule has 2 aromatic rings. The third-order valence-electron chi connectivity index (χ3n) is 3.53. The minimum absolute atomic E-state index is 0.194. The molecule has 0 aliphatic heterocycles. The number of aryl methyl sites for hydroxylation is 2. The third kappa shape index (κ3) is 5.79. The van der Waals surface area contributed by atoms with Crippen LogP contribution in [0.3, 0.4) is 0 Å². The molecule has 0 aliphatic rings. The number of hydrogen-bond donors (Lipinski definition) is 0. The first-order valence-corrected chi connectivity index (χ1v) is 16.5. The van der Waals surface area contributed by atoms with Gasteiger partial charge in [0, 0.05) is 11.1 Å². The van der Waals surface area contributed by atoms with Crippen molar-refractivity contribution in [1.29, 1.82) is 0 Å². The van der Waals surface area contributed by atoms with E-state index in [0.717, 1.165) is 21.2 Å². The Bertz CT molecular complexity index is 828. The molecule has 7 heteroatoms. The summed E-state index contributed by atoms with van der Waals surface area (Å²) < 4.78 is 12.3. The number of thiophene rings is 1. The van der Waals surface area contributed by atoms with Crippen LogP contribution in [0, 0.1) is 6.92 Å². The van der Waals surface area contributed by atoms with Gasteiger partial charge in [-0.1, -0.05) is 17.7 Å². The lowest BCUT2D eigenvalue weighted by atomic mass is 10.0. The van der Waals surface area contributed by atoms with E-state index in [4.69, 9.17) is 8.85 Å². The van der Waals surface area contributed by atoms with E-state index in [0.29, 0.717) is 11.3 Å². The van der Waals surface area contributed by atoms with Crippen LogP contribution in [0.4, 0.5) is 0 Å². The third-order valence-corrected chi connectivity index (χ3v) is 6.36. The van der Waals surface area contributed by atoms with Crippen molar-refractivity contribution in [2.75, 3.05) is 0 Å². The summed E-state index contributed by atoms with van der Waals surface area (Å²) in [7, 11) is -3.90. The van der Waals surface area contributed by atoms with Crippen LogP contribution in [0.25, 0.3) is 10.1 Å². The molecule has 0 aliphatic carbocycles. The van der Waals surface area contributed by atoms with E-state index in [-0.39, 0.29) is 18.4 Å². The van der Waals surface area contributed by atoms with Gasteiger partial charge in [0.25, 0.3) is 5.97 Å². The van der Waals surface area contributed by atoms with Crippen molar-refractivity contribution in [3.63, 3.8) is 0 Å². The molecular formula is C19H28O4SSi2. The fourth-order valence-electron chi connectivity index (χ4n) is 2.62. The van der Waals surface area contributed by atoms with Crippen LogP contribution in [0.5, 0.6) is 0 Å². The second-order valence-electron chi connectivity index (χ2n) is 8.50. The first-order chi connectivity index (χ1) is 11.9. The zero-order valence-corrected chi connectivity index (χ0v) is 19.5. The summed E-state index contributed by atoms with van der Waals surface area (Å²) in [6.45, 7) is 14.0. The largest absolute Gasteiger partial charge is 0.520 e. The summed E-state index contributed by atoms with van der Waals surface area (Å²) in [6, 6.07) is 6.15. The normalized spacial score (nSPS) is 12.3. The lowest BCUT2D eigenvalue weighted by Crippen LogP contribution is -2.30. The number of rotatable bonds is 6. The summed E-state index contributed by atoms with van der Waals surface area (Å²) in [4.78, 5) is 25.5. The number of carbonyl (C=O) groups is 2. The second-order valence-corrected chi connectivity index (χ2v) is 18.4. The molecule has 0 spiro atoms. The van der Waals surface area contributed by atoms with E-state index in [2.05, 4.69) is 6.07 Å². The molecule has 142 valence electrons. The van der Waals surface area contributed by atoms with Gasteiger partial charge in [0.05, 0.1) is 0 Å². The summed E-state index contributed by atoms with van der Waals surface area (Å²) in [6.07, 6.45) is 0.764. The molecule has 0 saturated heterocycles. The van der Waals surface area contributed by atoms with Crippen molar-refractivity contribution in [3.8, 4) is 0 Å². The summed E-state index contributed by atoms with van der Waals surface area (Å²) >= 11 is 1.45. The van der Waals surface area contributed by atoms with Crippen LogP contribution in [-0.4, -0.2) is 28.6 Å². The Morgan fingerprint density at radius 1 is 1.00 bits per heavy atom.